The Morgan fingerprint density at radius 2 is 1.91 bits per heavy atom. The smallest absolute Gasteiger partial charge is 0.257 e. The Kier molecular flexibility index (Phi) is 5.76. The highest BCUT2D eigenvalue weighted by molar-refractivity contribution is 9.10. The van der Waals surface area contributed by atoms with Crippen LogP contribution in [0.3, 0.4) is 0 Å². The fourth-order valence-corrected chi connectivity index (χ4v) is 2.42. The Balaban J connectivity index is 1.99. The minimum Gasteiger partial charge on any atom is -0.495 e. The van der Waals surface area contributed by atoms with Crippen molar-refractivity contribution >= 4 is 56.5 Å². The highest BCUT2D eigenvalue weighted by Crippen LogP contribution is 2.27. The molecule has 2 aromatic carbocycles. The minimum atomic E-state index is -0.287. The van der Waals surface area contributed by atoms with E-state index in [1.165, 1.54) is 7.11 Å². The lowest BCUT2D eigenvalue weighted by atomic mass is 10.2. The van der Waals surface area contributed by atoms with Crippen LogP contribution in [0.1, 0.15) is 10.4 Å². The van der Waals surface area contributed by atoms with Crippen molar-refractivity contribution in [3.05, 3.63) is 57.5 Å². The summed E-state index contributed by atoms with van der Waals surface area (Å²) >= 11 is 14.5. The van der Waals surface area contributed by atoms with E-state index in [0.29, 0.717) is 22.0 Å². The number of hydrogen-bond donors (Lipinski definition) is 2. The second-order valence-electron chi connectivity index (χ2n) is 4.26. The Hall–Kier alpha value is -1.63. The molecule has 2 N–H and O–H groups in total. The van der Waals surface area contributed by atoms with Gasteiger partial charge in [-0.1, -0.05) is 27.5 Å². The van der Waals surface area contributed by atoms with Gasteiger partial charge in [0.25, 0.3) is 5.91 Å². The molecule has 1 amide bonds. The third-order valence-electron chi connectivity index (χ3n) is 2.74. The predicted octanol–water partition coefficient (Wildman–Crippen LogP) is 4.24. The zero-order valence-electron chi connectivity index (χ0n) is 11.5. The number of benzene rings is 2. The van der Waals surface area contributed by atoms with E-state index in [2.05, 4.69) is 26.6 Å². The fourth-order valence-electron chi connectivity index (χ4n) is 1.68. The van der Waals surface area contributed by atoms with Gasteiger partial charge in [-0.25, -0.2) is 0 Å². The first-order valence-electron chi connectivity index (χ1n) is 6.21. The number of carbonyl (C=O) groups excluding carboxylic acids is 1. The number of nitrogens with one attached hydrogen (secondary N) is 2. The highest BCUT2D eigenvalue weighted by Gasteiger charge is 2.08. The van der Waals surface area contributed by atoms with E-state index in [1.54, 1.807) is 42.5 Å². The van der Waals surface area contributed by atoms with E-state index in [4.69, 9.17) is 28.6 Å². The number of rotatable bonds is 3. The highest BCUT2D eigenvalue weighted by atomic mass is 79.9. The molecular weight excluding hydrogens is 388 g/mol. The van der Waals surface area contributed by atoms with Crippen molar-refractivity contribution in [2.45, 2.75) is 0 Å². The van der Waals surface area contributed by atoms with Crippen molar-refractivity contribution in [2.75, 3.05) is 12.4 Å². The Labute approximate surface area is 146 Å². The maximum absolute atomic E-state index is 12.0. The SMILES string of the molecule is COc1ccc(NC(=S)NC(=O)c2ccc(Br)cc2)cc1Cl. The lowest BCUT2D eigenvalue weighted by molar-refractivity contribution is 0.0977. The van der Waals surface area contributed by atoms with Gasteiger partial charge in [-0.15, -0.1) is 0 Å². The largest absolute Gasteiger partial charge is 0.495 e. The second-order valence-corrected chi connectivity index (χ2v) is 6.00. The van der Waals surface area contributed by atoms with Gasteiger partial charge in [0, 0.05) is 15.7 Å². The Morgan fingerprint density at radius 1 is 1.23 bits per heavy atom. The van der Waals surface area contributed by atoms with Crippen LogP contribution in [-0.2, 0) is 0 Å². The summed E-state index contributed by atoms with van der Waals surface area (Å²) in [7, 11) is 1.54. The molecule has 0 aliphatic carbocycles. The Bertz CT molecular complexity index is 707. The van der Waals surface area contributed by atoms with Gasteiger partial charge in [0.2, 0.25) is 0 Å². The predicted molar refractivity (Wildman–Crippen MR) is 95.8 cm³/mol. The maximum atomic E-state index is 12.0. The molecule has 0 heterocycles. The number of ether oxygens (including phenoxy) is 1. The van der Waals surface area contributed by atoms with Crippen molar-refractivity contribution in [3.8, 4) is 5.75 Å². The minimum absolute atomic E-state index is 0.189. The van der Waals surface area contributed by atoms with E-state index < -0.39 is 0 Å². The summed E-state index contributed by atoms with van der Waals surface area (Å²) < 4.78 is 5.97. The molecule has 0 aromatic heterocycles. The summed E-state index contributed by atoms with van der Waals surface area (Å²) in [6, 6.07) is 12.1. The fraction of sp³-hybridized carbons (Fsp3) is 0.0667. The first-order valence-corrected chi connectivity index (χ1v) is 7.79. The zero-order valence-corrected chi connectivity index (χ0v) is 14.7. The van der Waals surface area contributed by atoms with Crippen LogP contribution in [0.25, 0.3) is 0 Å². The van der Waals surface area contributed by atoms with Gasteiger partial charge in [-0.05, 0) is 54.7 Å². The Morgan fingerprint density at radius 3 is 2.50 bits per heavy atom. The normalized spacial score (nSPS) is 9.95. The molecule has 0 saturated carbocycles. The molecule has 22 heavy (non-hydrogen) atoms. The van der Waals surface area contributed by atoms with Gasteiger partial charge in [0.1, 0.15) is 5.75 Å². The van der Waals surface area contributed by atoms with Crippen molar-refractivity contribution < 1.29 is 9.53 Å². The van der Waals surface area contributed by atoms with Crippen LogP contribution in [0.15, 0.2) is 46.9 Å². The topological polar surface area (TPSA) is 50.4 Å². The van der Waals surface area contributed by atoms with Crippen LogP contribution in [0, 0.1) is 0 Å². The average molecular weight is 400 g/mol. The summed E-state index contributed by atoms with van der Waals surface area (Å²) in [5, 5.41) is 6.14. The van der Waals surface area contributed by atoms with E-state index in [-0.39, 0.29) is 11.0 Å². The molecule has 2 aromatic rings. The first kappa shape index (κ1) is 16.7. The van der Waals surface area contributed by atoms with Crippen LogP contribution in [0.2, 0.25) is 5.02 Å². The molecule has 0 unspecified atom stereocenters. The molecule has 0 aliphatic heterocycles. The van der Waals surface area contributed by atoms with Crippen LogP contribution >= 0.6 is 39.7 Å². The summed E-state index contributed by atoms with van der Waals surface area (Å²) in [6.45, 7) is 0. The number of methoxy groups -OCH3 is 1. The summed E-state index contributed by atoms with van der Waals surface area (Å²) in [6.07, 6.45) is 0. The molecule has 114 valence electrons. The van der Waals surface area contributed by atoms with Crippen LogP contribution < -0.4 is 15.4 Å². The molecular formula is C15H12BrClN2O2S. The van der Waals surface area contributed by atoms with E-state index in [9.17, 15) is 4.79 Å². The monoisotopic (exact) mass is 398 g/mol. The molecule has 0 aliphatic rings. The molecule has 0 bridgehead atoms. The second kappa shape index (κ2) is 7.58. The lowest BCUT2D eigenvalue weighted by Crippen LogP contribution is -2.34. The number of thiocarbonyl (C=S) groups is 1. The van der Waals surface area contributed by atoms with E-state index >= 15 is 0 Å². The van der Waals surface area contributed by atoms with Crippen molar-refractivity contribution in [2.24, 2.45) is 0 Å². The third kappa shape index (κ3) is 4.43. The molecule has 0 fully saturated rings. The number of amides is 1. The van der Waals surface area contributed by atoms with Crippen molar-refractivity contribution in [1.82, 2.24) is 5.32 Å². The maximum Gasteiger partial charge on any atom is 0.257 e. The standard InChI is InChI=1S/C15H12BrClN2O2S/c1-21-13-7-6-11(8-12(13)17)18-15(22)19-14(20)9-2-4-10(16)5-3-9/h2-8H,1H3,(H2,18,19,20,22). The van der Waals surface area contributed by atoms with Crippen molar-refractivity contribution in [3.63, 3.8) is 0 Å². The summed E-state index contributed by atoms with van der Waals surface area (Å²) in [5.41, 5.74) is 1.17. The van der Waals surface area contributed by atoms with Crippen LogP contribution in [0.4, 0.5) is 5.69 Å². The molecule has 0 saturated heterocycles. The average Bonchev–Trinajstić information content (AvgIpc) is 2.48. The van der Waals surface area contributed by atoms with Crippen LogP contribution in [0.5, 0.6) is 5.75 Å². The summed E-state index contributed by atoms with van der Waals surface area (Å²) in [5.74, 6) is 0.279. The van der Waals surface area contributed by atoms with E-state index in [1.807, 2.05) is 0 Å². The van der Waals surface area contributed by atoms with Gasteiger partial charge in [0.15, 0.2) is 5.11 Å². The number of halogens is 2. The zero-order chi connectivity index (χ0) is 16.1. The molecule has 0 spiro atoms. The third-order valence-corrected chi connectivity index (χ3v) is 3.77. The van der Waals surface area contributed by atoms with E-state index in [0.717, 1.165) is 4.47 Å². The molecule has 4 nitrogen and oxygen atoms in total. The number of anilines is 1. The van der Waals surface area contributed by atoms with Crippen LogP contribution in [-0.4, -0.2) is 18.1 Å². The quantitative estimate of drug-likeness (QED) is 0.758. The van der Waals surface area contributed by atoms with Gasteiger partial charge >= 0.3 is 0 Å². The van der Waals surface area contributed by atoms with Gasteiger partial charge in [0.05, 0.1) is 12.1 Å². The number of hydrogen-bond acceptors (Lipinski definition) is 3. The molecule has 0 atom stereocenters. The molecule has 7 heteroatoms. The summed E-state index contributed by atoms with van der Waals surface area (Å²) in [4.78, 5) is 12.0. The van der Waals surface area contributed by atoms with Gasteiger partial charge < -0.3 is 10.1 Å². The van der Waals surface area contributed by atoms with Crippen molar-refractivity contribution in [1.29, 1.82) is 0 Å². The number of carbonyl (C=O) groups is 1. The van der Waals surface area contributed by atoms with Gasteiger partial charge in [-0.3, -0.25) is 10.1 Å². The first-order chi connectivity index (χ1) is 10.5. The molecule has 0 radical (unpaired) electrons. The van der Waals surface area contributed by atoms with Gasteiger partial charge in [-0.2, -0.15) is 0 Å². The lowest BCUT2D eigenvalue weighted by Gasteiger charge is -2.11. The molecule has 2 rings (SSSR count).